The second-order valence-corrected chi connectivity index (χ2v) is 17.2. The zero-order valence-electron chi connectivity index (χ0n) is 37.9. The molecule has 6 N–H and O–H groups in total. The largest absolute Gasteiger partial charge is 0.460 e. The monoisotopic (exact) mass is 871 g/mol. The molecular weight excluding hydrogens is 785 g/mol. The lowest BCUT2D eigenvalue weighted by atomic mass is 9.99. The van der Waals surface area contributed by atoms with Crippen LogP contribution in [0.1, 0.15) is 194 Å². The molecule has 0 aromatic rings. The first-order chi connectivity index (χ1) is 29.6. The first-order valence-electron chi connectivity index (χ1n) is 24.2. The van der Waals surface area contributed by atoms with E-state index in [1.54, 1.807) is 0 Å². The van der Waals surface area contributed by atoms with Crippen LogP contribution in [-0.4, -0.2) is 117 Å². The molecule has 0 spiro atoms. The zero-order chi connectivity index (χ0) is 44.6. The first kappa shape index (κ1) is 55.2. The lowest BCUT2D eigenvalue weighted by molar-refractivity contribution is -0.384. The van der Waals surface area contributed by atoms with Crippen molar-refractivity contribution in [2.45, 2.75) is 248 Å². The molecule has 2 heterocycles. The van der Waals surface area contributed by atoms with Crippen LogP contribution in [0.15, 0.2) is 24.3 Å². The summed E-state index contributed by atoms with van der Waals surface area (Å²) in [5.74, 6) is -3.56. The fourth-order valence-corrected chi connectivity index (χ4v) is 7.89. The molecular formula is C48H86O13. The van der Waals surface area contributed by atoms with E-state index in [-0.39, 0.29) is 12.8 Å². The summed E-state index contributed by atoms with van der Waals surface area (Å²) in [4.78, 5) is 26.2. The highest BCUT2D eigenvalue weighted by Crippen LogP contribution is 2.39. The Bertz CT molecular complexity index is 1160. The molecule has 0 aromatic heterocycles. The molecule has 13 nitrogen and oxygen atoms in total. The van der Waals surface area contributed by atoms with E-state index in [1.807, 2.05) is 0 Å². The molecule has 356 valence electrons. The summed E-state index contributed by atoms with van der Waals surface area (Å²) >= 11 is 0. The number of hydrogen-bond acceptors (Lipinski definition) is 13. The molecule has 0 unspecified atom stereocenters. The molecule has 2 aliphatic heterocycles. The summed E-state index contributed by atoms with van der Waals surface area (Å²) in [6.45, 7) is 2.29. The molecule has 0 radical (unpaired) electrons. The van der Waals surface area contributed by atoms with Crippen LogP contribution in [0.4, 0.5) is 0 Å². The van der Waals surface area contributed by atoms with Crippen LogP contribution in [0.5, 0.6) is 0 Å². The van der Waals surface area contributed by atoms with Crippen LogP contribution in [-0.2, 0) is 33.3 Å². The number of carbonyl (C=O) groups is 2. The molecule has 13 heteroatoms. The predicted octanol–water partition coefficient (Wildman–Crippen LogP) is 7.78. The molecule has 0 aliphatic carbocycles. The Labute approximate surface area is 367 Å². The lowest BCUT2D eigenvalue weighted by Gasteiger charge is -2.43. The summed E-state index contributed by atoms with van der Waals surface area (Å²) < 4.78 is 28.8. The Morgan fingerprint density at radius 3 is 1.41 bits per heavy atom. The van der Waals surface area contributed by atoms with Gasteiger partial charge in [0, 0.05) is 12.8 Å². The minimum Gasteiger partial charge on any atom is -0.460 e. The number of unbranched alkanes of at least 4 members (excludes halogenated alkanes) is 22. The van der Waals surface area contributed by atoms with E-state index in [0.29, 0.717) is 12.8 Å². The average Bonchev–Trinajstić information content (AvgIpc) is 3.51. The molecule has 2 fully saturated rings. The van der Waals surface area contributed by atoms with Gasteiger partial charge < -0.3 is 54.3 Å². The maximum Gasteiger partial charge on any atom is 0.306 e. The molecule has 0 saturated carbocycles. The van der Waals surface area contributed by atoms with Gasteiger partial charge in [-0.2, -0.15) is 0 Å². The number of aliphatic hydroxyl groups excluding tert-OH is 6. The highest BCUT2D eigenvalue weighted by atomic mass is 16.8. The van der Waals surface area contributed by atoms with Crippen molar-refractivity contribution in [1.29, 1.82) is 0 Å². The van der Waals surface area contributed by atoms with Crippen molar-refractivity contribution in [3.63, 3.8) is 0 Å². The number of esters is 2. The number of rotatable bonds is 37. The molecule has 2 saturated heterocycles. The zero-order valence-corrected chi connectivity index (χ0v) is 37.9. The van der Waals surface area contributed by atoms with E-state index >= 15 is 0 Å². The Hall–Kier alpha value is -1.94. The number of ether oxygens (including phenoxy) is 5. The van der Waals surface area contributed by atoms with Gasteiger partial charge in [-0.25, -0.2) is 0 Å². The SMILES string of the molecule is CCCCCCCC/C=C\CCCCCCCC(=O)OC[C@@]1(O[C@H]2O[C@H](CO)[C@@H](O)[C@H](O)[C@H]2O)O[C@H](CO)[C@@H](O)[C@@H]1OC(=O)CCCCCCC/C=C\CCCCCCCC. The van der Waals surface area contributed by atoms with E-state index in [1.165, 1.54) is 77.0 Å². The number of carbonyl (C=O) groups excluding carboxylic acids is 2. The Balaban J connectivity index is 1.88. The third-order valence-corrected chi connectivity index (χ3v) is 11.8. The molecule has 9 atom stereocenters. The van der Waals surface area contributed by atoms with Crippen molar-refractivity contribution in [1.82, 2.24) is 0 Å². The number of hydrogen-bond donors (Lipinski definition) is 6. The van der Waals surface area contributed by atoms with Crippen LogP contribution in [0.2, 0.25) is 0 Å². The summed E-state index contributed by atoms with van der Waals surface area (Å²) in [5.41, 5.74) is 0. The van der Waals surface area contributed by atoms with E-state index in [2.05, 4.69) is 38.2 Å². The van der Waals surface area contributed by atoms with Crippen molar-refractivity contribution >= 4 is 11.9 Å². The predicted molar refractivity (Wildman–Crippen MR) is 235 cm³/mol. The van der Waals surface area contributed by atoms with E-state index in [0.717, 1.165) is 77.0 Å². The summed E-state index contributed by atoms with van der Waals surface area (Å²) in [6, 6.07) is 0. The van der Waals surface area contributed by atoms with Gasteiger partial charge in [-0.1, -0.05) is 141 Å². The van der Waals surface area contributed by atoms with Crippen LogP contribution in [0, 0.1) is 0 Å². The normalized spacial score (nSPS) is 26.8. The third kappa shape index (κ3) is 22.5. The van der Waals surface area contributed by atoms with Gasteiger partial charge in [0.1, 0.15) is 43.2 Å². The van der Waals surface area contributed by atoms with Gasteiger partial charge in [0.15, 0.2) is 12.4 Å². The minimum absolute atomic E-state index is 0.0244. The Kier molecular flexibility index (Phi) is 31.2. The third-order valence-electron chi connectivity index (χ3n) is 11.8. The van der Waals surface area contributed by atoms with Crippen LogP contribution in [0.25, 0.3) is 0 Å². The lowest BCUT2D eigenvalue weighted by Crippen LogP contribution is -2.63. The minimum atomic E-state index is -2.28. The topological polar surface area (TPSA) is 202 Å². The van der Waals surface area contributed by atoms with Gasteiger partial charge in [-0.3, -0.25) is 9.59 Å². The standard InChI is InChI=1S/C48H86O13/c1-3-5-7-9-11-13-15-17-19-21-23-25-27-29-31-33-40(51)57-37-48(61-47-45(56)44(55)42(53)38(35-49)58-47)46(43(54)39(36-50)60-48)59-41(52)34-32-30-28-26-24-22-20-18-16-14-12-10-8-6-4-2/h17-20,38-39,42-47,49-50,53-56H,3-16,21-37H2,1-2H3/b19-17-,20-18-/t38-,39-,42-,43-,44+,45-,46+,47-,48+/m1/s1. The number of allylic oxidation sites excluding steroid dienone is 4. The van der Waals surface area contributed by atoms with Crippen molar-refractivity contribution in [2.75, 3.05) is 19.8 Å². The first-order valence-corrected chi connectivity index (χ1v) is 24.2. The van der Waals surface area contributed by atoms with E-state index < -0.39 is 86.6 Å². The smallest absolute Gasteiger partial charge is 0.306 e. The van der Waals surface area contributed by atoms with Gasteiger partial charge in [-0.15, -0.1) is 0 Å². The van der Waals surface area contributed by atoms with Gasteiger partial charge >= 0.3 is 11.9 Å². The summed E-state index contributed by atoms with van der Waals surface area (Å²) in [7, 11) is 0. The van der Waals surface area contributed by atoms with Crippen molar-refractivity contribution in [3.05, 3.63) is 24.3 Å². The Morgan fingerprint density at radius 1 is 0.525 bits per heavy atom. The fraction of sp³-hybridized carbons (Fsp3) is 0.875. The second kappa shape index (κ2) is 34.5. The fourth-order valence-electron chi connectivity index (χ4n) is 7.89. The highest BCUT2D eigenvalue weighted by molar-refractivity contribution is 5.70. The van der Waals surface area contributed by atoms with Crippen LogP contribution < -0.4 is 0 Å². The maximum atomic E-state index is 13.2. The van der Waals surface area contributed by atoms with Crippen molar-refractivity contribution in [3.8, 4) is 0 Å². The average molecular weight is 871 g/mol. The molecule has 0 bridgehead atoms. The molecule has 61 heavy (non-hydrogen) atoms. The van der Waals surface area contributed by atoms with E-state index in [4.69, 9.17) is 23.7 Å². The quantitative estimate of drug-likeness (QED) is 0.0201. The summed E-state index contributed by atoms with van der Waals surface area (Å²) in [5, 5.41) is 62.6. The maximum absolute atomic E-state index is 13.2. The van der Waals surface area contributed by atoms with Gasteiger partial charge in [0.2, 0.25) is 5.79 Å². The highest BCUT2D eigenvalue weighted by Gasteiger charge is 2.61. The molecule has 0 aromatic carbocycles. The van der Waals surface area contributed by atoms with Gasteiger partial charge in [-0.05, 0) is 64.2 Å². The van der Waals surface area contributed by atoms with Crippen LogP contribution >= 0.6 is 0 Å². The summed E-state index contributed by atoms with van der Waals surface area (Å²) in [6.07, 6.45) is 24.8. The van der Waals surface area contributed by atoms with Crippen LogP contribution in [0.3, 0.4) is 0 Å². The van der Waals surface area contributed by atoms with E-state index in [9.17, 15) is 40.2 Å². The van der Waals surface area contributed by atoms with Gasteiger partial charge in [0.05, 0.1) is 13.2 Å². The van der Waals surface area contributed by atoms with Crippen molar-refractivity contribution in [2.24, 2.45) is 0 Å². The number of aliphatic hydroxyl groups is 6. The molecule has 2 rings (SSSR count). The second-order valence-electron chi connectivity index (χ2n) is 17.2. The van der Waals surface area contributed by atoms with Crippen molar-refractivity contribution < 1.29 is 63.9 Å². The molecule has 2 aliphatic rings. The molecule has 0 amide bonds. The Morgan fingerprint density at radius 2 is 0.951 bits per heavy atom. The van der Waals surface area contributed by atoms with Gasteiger partial charge in [0.25, 0.3) is 0 Å².